The molecule has 6 nitrogen and oxygen atoms in total. The summed E-state index contributed by atoms with van der Waals surface area (Å²) in [6.07, 6.45) is 0.824. The Balaban J connectivity index is 1.44. The zero-order valence-corrected chi connectivity index (χ0v) is 16.4. The molecular formula is C20H20F2N2O4S. The van der Waals surface area contributed by atoms with Crippen LogP contribution in [-0.2, 0) is 26.2 Å². The van der Waals surface area contributed by atoms with Gasteiger partial charge in [-0.05, 0) is 30.5 Å². The van der Waals surface area contributed by atoms with Gasteiger partial charge in [-0.1, -0.05) is 30.3 Å². The molecule has 2 saturated heterocycles. The Hall–Kier alpha value is -2.36. The molecule has 2 aliphatic rings. The van der Waals surface area contributed by atoms with Crippen LogP contribution in [0.5, 0.6) is 0 Å². The first-order valence-electron chi connectivity index (χ1n) is 9.27. The molecule has 0 aliphatic carbocycles. The number of amides is 1. The van der Waals surface area contributed by atoms with Gasteiger partial charge in [-0.2, -0.15) is 4.31 Å². The molecule has 0 unspecified atom stereocenters. The van der Waals surface area contributed by atoms with Gasteiger partial charge in [0.2, 0.25) is 15.9 Å². The van der Waals surface area contributed by atoms with E-state index in [1.807, 2.05) is 30.3 Å². The molecule has 2 heterocycles. The van der Waals surface area contributed by atoms with Crippen LogP contribution < -0.4 is 0 Å². The Kier molecular flexibility index (Phi) is 5.14. The van der Waals surface area contributed by atoms with E-state index in [2.05, 4.69) is 0 Å². The highest BCUT2D eigenvalue weighted by Crippen LogP contribution is 2.38. The molecular weight excluding hydrogens is 402 g/mol. The van der Waals surface area contributed by atoms with Crippen LogP contribution in [0.15, 0.2) is 53.4 Å². The van der Waals surface area contributed by atoms with Crippen LogP contribution in [0.1, 0.15) is 24.8 Å². The maximum absolute atomic E-state index is 13.4. The fourth-order valence-electron chi connectivity index (χ4n) is 3.78. The van der Waals surface area contributed by atoms with Gasteiger partial charge in [0, 0.05) is 19.2 Å². The molecule has 2 aliphatic heterocycles. The molecule has 0 saturated carbocycles. The molecule has 0 atom stereocenters. The highest BCUT2D eigenvalue weighted by Gasteiger charge is 2.48. The number of nitrogens with zero attached hydrogens (tertiary/aromatic N) is 2. The molecule has 2 aromatic carbocycles. The first kappa shape index (κ1) is 19.9. The van der Waals surface area contributed by atoms with Crippen molar-refractivity contribution in [1.82, 2.24) is 9.37 Å². The summed E-state index contributed by atoms with van der Waals surface area (Å²) in [4.78, 5) is 17.9. The van der Waals surface area contributed by atoms with Gasteiger partial charge in [0.1, 0.15) is 17.2 Å². The van der Waals surface area contributed by atoms with Crippen LogP contribution >= 0.6 is 0 Å². The van der Waals surface area contributed by atoms with Crippen molar-refractivity contribution in [2.45, 2.75) is 36.3 Å². The predicted octanol–water partition coefficient (Wildman–Crippen LogP) is 2.85. The number of sulfonamides is 1. The average Bonchev–Trinajstić information content (AvgIpc) is 2.97. The summed E-state index contributed by atoms with van der Waals surface area (Å²) in [5, 5.41) is 1.33. The van der Waals surface area contributed by atoms with E-state index < -0.39 is 32.2 Å². The molecule has 9 heteroatoms. The van der Waals surface area contributed by atoms with E-state index in [1.54, 1.807) is 0 Å². The van der Waals surface area contributed by atoms with E-state index in [9.17, 15) is 22.0 Å². The summed E-state index contributed by atoms with van der Waals surface area (Å²) in [5.41, 5.74) is 0.191. The van der Waals surface area contributed by atoms with Crippen molar-refractivity contribution < 1.29 is 26.8 Å². The number of halogens is 2. The van der Waals surface area contributed by atoms with Crippen LogP contribution in [0.2, 0.25) is 0 Å². The molecule has 29 heavy (non-hydrogen) atoms. The Bertz CT molecular complexity index is 1000. The van der Waals surface area contributed by atoms with Gasteiger partial charge >= 0.3 is 0 Å². The summed E-state index contributed by atoms with van der Waals surface area (Å²) in [6.45, 7) is 0.534. The van der Waals surface area contributed by atoms with Crippen LogP contribution in [-0.4, -0.2) is 42.4 Å². The lowest BCUT2D eigenvalue weighted by Gasteiger charge is -2.37. The highest BCUT2D eigenvalue weighted by atomic mass is 32.2. The predicted molar refractivity (Wildman–Crippen MR) is 99.8 cm³/mol. The van der Waals surface area contributed by atoms with Crippen molar-refractivity contribution in [1.29, 1.82) is 0 Å². The Morgan fingerprint density at radius 1 is 1.00 bits per heavy atom. The van der Waals surface area contributed by atoms with Gasteiger partial charge in [0.25, 0.3) is 0 Å². The Labute approximate surface area is 167 Å². The summed E-state index contributed by atoms with van der Waals surface area (Å²) >= 11 is 0. The molecule has 1 spiro atoms. The summed E-state index contributed by atoms with van der Waals surface area (Å²) in [6, 6.07) is 11.7. The molecule has 4 rings (SSSR count). The molecule has 1 amide bonds. The van der Waals surface area contributed by atoms with Gasteiger partial charge in [-0.3, -0.25) is 9.63 Å². The lowest BCUT2D eigenvalue weighted by Crippen LogP contribution is -2.47. The van der Waals surface area contributed by atoms with Crippen molar-refractivity contribution in [2.75, 3.05) is 13.1 Å². The number of benzene rings is 2. The number of hydrogen-bond donors (Lipinski definition) is 0. The quantitative estimate of drug-likeness (QED) is 0.760. The standard InChI is InChI=1S/C20H20F2N2O4S/c21-16-10-17(22)12-18(11-16)29(26,27)23-8-6-20(7-9-23)13-19(25)24(28-20)14-15-4-2-1-3-5-15/h1-5,10-12H,6-9,13-14H2. The maximum atomic E-state index is 13.4. The molecule has 2 fully saturated rings. The van der Waals surface area contributed by atoms with Crippen molar-refractivity contribution in [3.8, 4) is 0 Å². The number of piperidine rings is 1. The third kappa shape index (κ3) is 4.03. The summed E-state index contributed by atoms with van der Waals surface area (Å²) in [5.74, 6) is -2.03. The van der Waals surface area contributed by atoms with Gasteiger partial charge < -0.3 is 0 Å². The molecule has 0 aromatic heterocycles. The SMILES string of the molecule is O=C1CC2(CCN(S(=O)(=O)c3cc(F)cc(F)c3)CC2)ON1Cc1ccccc1. The van der Waals surface area contributed by atoms with E-state index in [0.29, 0.717) is 25.5 Å². The maximum Gasteiger partial charge on any atom is 0.249 e. The normalized spacial score (nSPS) is 19.8. The second kappa shape index (κ2) is 7.47. The smallest absolute Gasteiger partial charge is 0.249 e. The molecule has 154 valence electrons. The zero-order valence-electron chi connectivity index (χ0n) is 15.6. The largest absolute Gasteiger partial charge is 0.272 e. The fraction of sp³-hybridized carbons (Fsp3) is 0.350. The highest BCUT2D eigenvalue weighted by molar-refractivity contribution is 7.89. The van der Waals surface area contributed by atoms with Crippen LogP contribution in [0, 0.1) is 11.6 Å². The fourth-order valence-corrected chi connectivity index (χ4v) is 5.26. The van der Waals surface area contributed by atoms with Crippen molar-refractivity contribution >= 4 is 15.9 Å². The minimum Gasteiger partial charge on any atom is -0.272 e. The minimum atomic E-state index is -4.03. The Morgan fingerprint density at radius 2 is 1.62 bits per heavy atom. The Morgan fingerprint density at radius 3 is 2.24 bits per heavy atom. The number of hydroxylamine groups is 2. The third-order valence-corrected chi connectivity index (χ3v) is 7.21. The first-order valence-corrected chi connectivity index (χ1v) is 10.7. The molecule has 0 radical (unpaired) electrons. The third-order valence-electron chi connectivity index (χ3n) is 5.33. The average molecular weight is 422 g/mol. The number of hydrogen-bond acceptors (Lipinski definition) is 4. The number of carbonyl (C=O) groups is 1. The van der Waals surface area contributed by atoms with Gasteiger partial charge in [-0.15, -0.1) is 0 Å². The first-order chi connectivity index (χ1) is 13.8. The lowest BCUT2D eigenvalue weighted by atomic mass is 9.89. The van der Waals surface area contributed by atoms with Gasteiger partial charge in [-0.25, -0.2) is 22.3 Å². The van der Waals surface area contributed by atoms with E-state index >= 15 is 0 Å². The molecule has 0 N–H and O–H groups in total. The molecule has 0 bridgehead atoms. The summed E-state index contributed by atoms with van der Waals surface area (Å²) in [7, 11) is -4.03. The number of carbonyl (C=O) groups excluding carboxylic acids is 1. The topological polar surface area (TPSA) is 66.9 Å². The van der Waals surface area contributed by atoms with E-state index in [1.165, 1.54) is 9.37 Å². The van der Waals surface area contributed by atoms with Gasteiger partial charge in [0.15, 0.2) is 0 Å². The summed E-state index contributed by atoms with van der Waals surface area (Å²) < 4.78 is 53.5. The van der Waals surface area contributed by atoms with Crippen LogP contribution in [0.25, 0.3) is 0 Å². The van der Waals surface area contributed by atoms with Crippen molar-refractivity contribution in [2.24, 2.45) is 0 Å². The van der Waals surface area contributed by atoms with E-state index in [-0.39, 0.29) is 25.4 Å². The monoisotopic (exact) mass is 422 g/mol. The minimum absolute atomic E-state index is 0.104. The van der Waals surface area contributed by atoms with E-state index in [4.69, 9.17) is 4.84 Å². The molecule has 2 aromatic rings. The van der Waals surface area contributed by atoms with Gasteiger partial charge in [0.05, 0.1) is 17.9 Å². The zero-order chi connectivity index (χ0) is 20.6. The van der Waals surface area contributed by atoms with E-state index in [0.717, 1.165) is 17.7 Å². The van der Waals surface area contributed by atoms with Crippen LogP contribution in [0.4, 0.5) is 8.78 Å². The lowest BCUT2D eigenvalue weighted by molar-refractivity contribution is -0.212. The number of rotatable bonds is 4. The van der Waals surface area contributed by atoms with Crippen molar-refractivity contribution in [3.05, 3.63) is 65.7 Å². The van der Waals surface area contributed by atoms with Crippen molar-refractivity contribution in [3.63, 3.8) is 0 Å². The van der Waals surface area contributed by atoms with Crippen LogP contribution in [0.3, 0.4) is 0 Å². The second-order valence-corrected chi connectivity index (χ2v) is 9.31. The second-order valence-electron chi connectivity index (χ2n) is 7.38.